The van der Waals surface area contributed by atoms with Crippen LogP contribution >= 0.6 is 0 Å². The van der Waals surface area contributed by atoms with Gasteiger partial charge in [-0.15, -0.1) is 0 Å². The van der Waals surface area contributed by atoms with Gasteiger partial charge in [0.2, 0.25) is 11.8 Å². The number of fused-ring (bicyclic) bond motifs is 1. The lowest BCUT2D eigenvalue weighted by atomic mass is 9.87. The first-order chi connectivity index (χ1) is 21.0. The minimum atomic E-state index is -1.59. The number of halogens is 2. The summed E-state index contributed by atoms with van der Waals surface area (Å²) in [4.78, 5) is 67.9. The molecular formula is C30H36F2N6O7. The highest BCUT2D eigenvalue weighted by molar-refractivity contribution is 5.96. The van der Waals surface area contributed by atoms with Crippen LogP contribution in [0.2, 0.25) is 0 Å². The van der Waals surface area contributed by atoms with Crippen molar-refractivity contribution in [2.45, 2.75) is 52.6 Å². The van der Waals surface area contributed by atoms with Crippen molar-refractivity contribution in [2.24, 2.45) is 5.41 Å². The maximum Gasteiger partial charge on any atom is 0.417 e. The highest BCUT2D eigenvalue weighted by Crippen LogP contribution is 2.31. The number of nitrogens with one attached hydrogen (secondary N) is 2. The number of hydrogen-bond acceptors (Lipinski definition) is 7. The molecule has 3 aromatic rings. The molecule has 1 aromatic carbocycles. The third-order valence-corrected chi connectivity index (χ3v) is 6.61. The van der Waals surface area contributed by atoms with Crippen LogP contribution in [0.1, 0.15) is 45.0 Å². The molecule has 0 aliphatic rings. The Bertz CT molecular complexity index is 1710. The summed E-state index contributed by atoms with van der Waals surface area (Å²) in [6.45, 7) is 5.05. The second-order valence-electron chi connectivity index (χ2n) is 11.6. The van der Waals surface area contributed by atoms with Crippen LogP contribution in [-0.4, -0.2) is 75.4 Å². The van der Waals surface area contributed by atoms with Gasteiger partial charge in [0.15, 0.2) is 5.82 Å². The first-order valence-electron chi connectivity index (χ1n) is 13.9. The largest absolute Gasteiger partial charge is 0.464 e. The minimum Gasteiger partial charge on any atom is -0.464 e. The first kappa shape index (κ1) is 34.4. The minimum absolute atomic E-state index is 0.0404. The average Bonchev–Trinajstić information content (AvgIpc) is 3.33. The number of methoxy groups -OCH3 is 1. The lowest BCUT2D eigenvalue weighted by Crippen LogP contribution is -2.44. The molecule has 3 N–H and O–H groups in total. The number of nitrogens with zero attached hydrogens (tertiary/aromatic N) is 4. The normalized spacial score (nSPS) is 12.3. The summed E-state index contributed by atoms with van der Waals surface area (Å²) in [7, 11) is 4.27. The number of rotatable bonds is 10. The Morgan fingerprint density at radius 1 is 1.18 bits per heavy atom. The number of benzene rings is 1. The number of hydrogen-bond donors (Lipinski definition) is 3. The van der Waals surface area contributed by atoms with Gasteiger partial charge in [0, 0.05) is 31.9 Å². The van der Waals surface area contributed by atoms with E-state index in [1.165, 1.54) is 35.4 Å². The van der Waals surface area contributed by atoms with Gasteiger partial charge in [0.05, 0.1) is 19.2 Å². The van der Waals surface area contributed by atoms with Gasteiger partial charge in [-0.1, -0.05) is 26.8 Å². The monoisotopic (exact) mass is 630 g/mol. The van der Waals surface area contributed by atoms with E-state index in [4.69, 9.17) is 0 Å². The van der Waals surface area contributed by atoms with Gasteiger partial charge in [-0.2, -0.15) is 0 Å². The first-order valence-corrected chi connectivity index (χ1v) is 13.9. The van der Waals surface area contributed by atoms with Crippen LogP contribution in [0.5, 0.6) is 0 Å². The van der Waals surface area contributed by atoms with Crippen LogP contribution in [0.3, 0.4) is 0 Å². The molecule has 3 rings (SSSR count). The van der Waals surface area contributed by atoms with E-state index in [0.717, 1.165) is 11.7 Å². The van der Waals surface area contributed by atoms with Crippen molar-refractivity contribution in [1.82, 2.24) is 24.3 Å². The van der Waals surface area contributed by atoms with Crippen LogP contribution < -0.4 is 16.2 Å². The molecule has 0 aliphatic carbocycles. The molecule has 0 radical (unpaired) electrons. The number of imidazole rings is 1. The Balaban J connectivity index is 1.95. The molecule has 0 fully saturated rings. The Kier molecular flexibility index (Phi) is 10.8. The fourth-order valence-corrected chi connectivity index (χ4v) is 4.48. The molecule has 0 bridgehead atoms. The van der Waals surface area contributed by atoms with Crippen molar-refractivity contribution in [2.75, 3.05) is 26.5 Å². The van der Waals surface area contributed by atoms with E-state index >= 15 is 0 Å². The smallest absolute Gasteiger partial charge is 0.417 e. The van der Waals surface area contributed by atoms with Gasteiger partial charge in [-0.25, -0.2) is 27.9 Å². The van der Waals surface area contributed by atoms with Gasteiger partial charge >= 0.3 is 12.2 Å². The molecule has 242 valence electrons. The zero-order valence-electron chi connectivity index (χ0n) is 25.8. The Morgan fingerprint density at radius 3 is 2.47 bits per heavy atom. The van der Waals surface area contributed by atoms with Crippen LogP contribution in [0, 0.1) is 17.0 Å². The summed E-state index contributed by atoms with van der Waals surface area (Å²) in [5.41, 5.74) is -1.98. The van der Waals surface area contributed by atoms with Crippen LogP contribution in [0.4, 0.5) is 24.1 Å². The van der Waals surface area contributed by atoms with Crippen LogP contribution in [0.25, 0.3) is 11.0 Å². The number of pyridine rings is 1. The summed E-state index contributed by atoms with van der Waals surface area (Å²) >= 11 is 0. The molecule has 0 saturated carbocycles. The molecule has 1 atom stereocenters. The van der Waals surface area contributed by atoms with E-state index in [0.29, 0.717) is 10.6 Å². The summed E-state index contributed by atoms with van der Waals surface area (Å²) in [6.07, 6.45) is 2.10. The van der Waals surface area contributed by atoms with Crippen molar-refractivity contribution < 1.29 is 37.8 Å². The fourth-order valence-electron chi connectivity index (χ4n) is 4.48. The molecule has 0 saturated heterocycles. The Morgan fingerprint density at radius 2 is 1.87 bits per heavy atom. The predicted molar refractivity (Wildman–Crippen MR) is 161 cm³/mol. The van der Waals surface area contributed by atoms with E-state index in [2.05, 4.69) is 20.4 Å². The average molecular weight is 631 g/mol. The van der Waals surface area contributed by atoms with Crippen molar-refractivity contribution in [3.05, 3.63) is 69.9 Å². The van der Waals surface area contributed by atoms with Gasteiger partial charge < -0.3 is 29.9 Å². The van der Waals surface area contributed by atoms with Gasteiger partial charge in [-0.3, -0.25) is 14.4 Å². The Labute approximate surface area is 257 Å². The van der Waals surface area contributed by atoms with Crippen molar-refractivity contribution in [3.8, 4) is 0 Å². The Hall–Kier alpha value is -5.08. The van der Waals surface area contributed by atoms with E-state index in [1.807, 2.05) is 20.8 Å². The zero-order valence-corrected chi connectivity index (χ0v) is 25.8. The maximum atomic E-state index is 15.0. The lowest BCUT2D eigenvalue weighted by molar-refractivity contribution is -0.123. The molecule has 0 aliphatic heterocycles. The quantitative estimate of drug-likeness (QED) is 0.285. The van der Waals surface area contributed by atoms with Crippen molar-refractivity contribution in [1.29, 1.82) is 0 Å². The van der Waals surface area contributed by atoms with Gasteiger partial charge in [0.1, 0.15) is 28.9 Å². The van der Waals surface area contributed by atoms with Crippen LogP contribution in [0.15, 0.2) is 41.3 Å². The third kappa shape index (κ3) is 8.52. The number of carbonyl (C=O) groups is 4. The lowest BCUT2D eigenvalue weighted by Gasteiger charge is -2.19. The molecule has 2 heterocycles. The number of ether oxygens (including phenoxy) is 1. The SMILES string of the molecule is COC(=O)N[C@@H](CC/C=C/C(=O)N(C)C)C(=O)Nc1cccn(Cc2nc3c(CC(C)(C)C)c(F)cc(F)c3n2C(=O)O)c1=O. The molecular weight excluding hydrogens is 594 g/mol. The number of allylic oxidation sites excluding steroid dienone is 1. The fraction of sp³-hybridized carbons (Fsp3) is 0.400. The van der Waals surface area contributed by atoms with Crippen molar-refractivity contribution in [3.63, 3.8) is 0 Å². The molecule has 15 heteroatoms. The van der Waals surface area contributed by atoms with Gasteiger partial charge in [-0.05, 0) is 42.9 Å². The molecule has 13 nitrogen and oxygen atoms in total. The van der Waals surface area contributed by atoms with E-state index in [9.17, 15) is 37.9 Å². The summed E-state index contributed by atoms with van der Waals surface area (Å²) in [5.74, 6) is -3.28. The maximum absolute atomic E-state index is 15.0. The van der Waals surface area contributed by atoms with Crippen LogP contribution in [-0.2, 0) is 27.3 Å². The molecule has 45 heavy (non-hydrogen) atoms. The summed E-state index contributed by atoms with van der Waals surface area (Å²) in [5, 5.41) is 14.8. The number of carbonyl (C=O) groups excluding carboxylic acids is 3. The molecule has 3 amide bonds. The number of carboxylic acid groups (broad SMARTS) is 1. The van der Waals surface area contributed by atoms with E-state index in [-0.39, 0.29) is 47.8 Å². The van der Waals surface area contributed by atoms with Crippen molar-refractivity contribution >= 4 is 40.7 Å². The number of likely N-dealkylation sites (N-methyl/N-ethyl adjacent to an activating group) is 1. The summed E-state index contributed by atoms with van der Waals surface area (Å²) < 4.78 is 36.0. The van der Waals surface area contributed by atoms with Gasteiger partial charge in [0.25, 0.3) is 5.56 Å². The molecule has 0 spiro atoms. The number of anilines is 1. The van der Waals surface area contributed by atoms with E-state index in [1.54, 1.807) is 14.1 Å². The second kappa shape index (κ2) is 14.1. The van der Waals surface area contributed by atoms with E-state index < -0.39 is 58.8 Å². The summed E-state index contributed by atoms with van der Waals surface area (Å²) in [6, 6.07) is 2.18. The number of amides is 3. The predicted octanol–water partition coefficient (Wildman–Crippen LogP) is 3.73. The highest BCUT2D eigenvalue weighted by Gasteiger charge is 2.27. The zero-order chi connectivity index (χ0) is 33.6. The highest BCUT2D eigenvalue weighted by atomic mass is 19.1. The number of alkyl carbamates (subject to hydrolysis) is 1. The topological polar surface area (TPSA) is 165 Å². The molecule has 2 aromatic heterocycles. The standard InChI is InChI=1S/C30H36F2N6O7/c1-30(2,3)15-17-18(31)14-19(32)25-24(17)35-22(38(25)29(43)44)16-37-13-9-11-21(27(37)41)33-26(40)20(34-28(42)45-6)10-7-8-12-23(39)36(4)5/h8-9,11-14,20H,7,10,15-16H2,1-6H3,(H,33,40)(H,34,42)(H,43,44)/b12-8+/t20-/m0/s1. The second-order valence-corrected chi connectivity index (χ2v) is 11.6. The molecule has 0 unspecified atom stereocenters. The number of aromatic nitrogens is 3. The third-order valence-electron chi connectivity index (χ3n) is 6.61.